The molecule has 0 fully saturated rings. The molecule has 0 aromatic carbocycles. The molecular weight excluding hydrogens is 210 g/mol. The quantitative estimate of drug-likeness (QED) is 0.614. The molecule has 16 heavy (non-hydrogen) atoms. The molecule has 0 unspecified atom stereocenters. The maximum Gasteiger partial charge on any atom is 0.255 e. The Morgan fingerprint density at radius 2 is 2.00 bits per heavy atom. The summed E-state index contributed by atoms with van der Waals surface area (Å²) < 4.78 is 0. The van der Waals surface area contributed by atoms with E-state index in [9.17, 15) is 15.5 Å². The van der Waals surface area contributed by atoms with Crippen molar-refractivity contribution in [2.75, 3.05) is 12.4 Å². The van der Waals surface area contributed by atoms with Crippen molar-refractivity contribution < 1.29 is 5.11 Å². The van der Waals surface area contributed by atoms with Crippen molar-refractivity contribution in [3.63, 3.8) is 0 Å². The normalized spacial score (nSPS) is 10.3. The molecule has 0 aromatic heterocycles. The van der Waals surface area contributed by atoms with E-state index in [4.69, 9.17) is 0 Å². The van der Waals surface area contributed by atoms with Gasteiger partial charge in [-0.1, -0.05) is 0 Å². The Balaban J connectivity index is 2.91. The zero-order chi connectivity index (χ0) is 11.7. The highest BCUT2D eigenvalue weighted by Gasteiger charge is 2.12. The molecule has 3 N–H and O–H groups in total. The number of nitrogens with zero attached hydrogens (tertiary/aromatic N) is 1. The van der Waals surface area contributed by atoms with Gasteiger partial charge in [0.2, 0.25) is 0 Å². The van der Waals surface area contributed by atoms with E-state index in [1.54, 1.807) is 19.2 Å². The van der Waals surface area contributed by atoms with E-state index in [1.807, 2.05) is 0 Å². The first kappa shape index (κ1) is 10.2. The van der Waals surface area contributed by atoms with Gasteiger partial charge in [-0.3, -0.25) is 0 Å². The molecule has 84 valence electrons. The van der Waals surface area contributed by atoms with Crippen LogP contribution in [-0.2, 0) is 0 Å². The Labute approximate surface area is 91.0 Å². The Bertz CT molecular complexity index is 558. The van der Waals surface area contributed by atoms with E-state index in [0.29, 0.717) is 16.9 Å². The average molecular weight is 220 g/mol. The molecule has 0 saturated heterocycles. The number of anilines is 1. The van der Waals surface area contributed by atoms with Crippen LogP contribution in [0.5, 0.6) is 5.88 Å². The topological polar surface area (TPSA) is 97.2 Å². The Morgan fingerprint density at radius 3 is 2.62 bits per heavy atom. The van der Waals surface area contributed by atoms with Gasteiger partial charge in [-0.25, -0.2) is 0 Å². The van der Waals surface area contributed by atoms with E-state index in [0.717, 1.165) is 0 Å². The van der Waals surface area contributed by atoms with Crippen LogP contribution in [0.3, 0.4) is 0 Å². The number of H-pyrrole nitrogens is 1. The largest absolute Gasteiger partial charge is 0.612 e. The van der Waals surface area contributed by atoms with Gasteiger partial charge in [0, 0.05) is 7.05 Å². The average Bonchev–Trinajstić information content (AvgIpc) is 2.26. The summed E-state index contributed by atoms with van der Waals surface area (Å²) in [6, 6.07) is 6.17. The predicted molar refractivity (Wildman–Crippen MR) is 60.6 cm³/mol. The molecule has 6 nitrogen and oxygen atoms in total. The summed E-state index contributed by atoms with van der Waals surface area (Å²) in [5, 5.41) is 33.9. The van der Waals surface area contributed by atoms with Gasteiger partial charge in [-0.15, -0.1) is 0 Å². The first-order valence-electron chi connectivity index (χ1n) is 4.63. The lowest BCUT2D eigenvalue weighted by atomic mass is 10.1. The van der Waals surface area contributed by atoms with Crippen LogP contribution in [0.15, 0.2) is 24.3 Å². The molecule has 0 amide bonds. The van der Waals surface area contributed by atoms with Gasteiger partial charge in [0.15, 0.2) is 5.88 Å². The van der Waals surface area contributed by atoms with E-state index in [2.05, 4.69) is 10.3 Å². The van der Waals surface area contributed by atoms with Crippen LogP contribution in [0.4, 0.5) is 5.69 Å². The minimum atomic E-state index is -0.445. The number of pyridine rings is 1. The Morgan fingerprint density at radius 1 is 1.25 bits per heavy atom. The molecule has 0 bridgehead atoms. The molecule has 6 heteroatoms. The van der Waals surface area contributed by atoms with E-state index < -0.39 is 4.90 Å². The third kappa shape index (κ3) is 1.50. The van der Waals surface area contributed by atoms with Crippen molar-refractivity contribution in [2.45, 2.75) is 0 Å². The summed E-state index contributed by atoms with van der Waals surface area (Å²) in [5.74, 6) is -0.0287. The van der Waals surface area contributed by atoms with Crippen molar-refractivity contribution in [3.8, 4) is 17.1 Å². The molecule has 2 rings (SSSR count). The van der Waals surface area contributed by atoms with Crippen LogP contribution >= 0.6 is 0 Å². The smallest absolute Gasteiger partial charge is 0.255 e. The molecule has 1 aliphatic heterocycles. The second-order valence-corrected chi connectivity index (χ2v) is 3.27. The van der Waals surface area contributed by atoms with Crippen LogP contribution in [0.2, 0.25) is 0 Å². The van der Waals surface area contributed by atoms with Gasteiger partial charge in [0.05, 0.1) is 11.3 Å². The number of hydrogen-bond donors (Lipinski definition) is 3. The number of aromatic nitrogens is 1. The highest BCUT2D eigenvalue weighted by Crippen LogP contribution is 2.20. The van der Waals surface area contributed by atoms with Gasteiger partial charge in [0.25, 0.3) is 5.36 Å². The predicted octanol–water partition coefficient (Wildman–Crippen LogP) is 0.635. The lowest BCUT2D eigenvalue weighted by Gasteiger charge is -2.12. The van der Waals surface area contributed by atoms with Crippen molar-refractivity contribution >= 4 is 5.69 Å². The lowest BCUT2D eigenvalue weighted by Crippen LogP contribution is -2.25. The maximum absolute atomic E-state index is 11.0. The highest BCUT2D eigenvalue weighted by atomic mass is 16.8. The van der Waals surface area contributed by atoms with Gasteiger partial charge >= 0.3 is 0 Å². The summed E-state index contributed by atoms with van der Waals surface area (Å²) in [5.41, 5.74) is 1.41. The Kier molecular flexibility index (Phi) is 2.32. The molecule has 0 spiro atoms. The molecule has 0 aromatic rings. The third-order valence-electron chi connectivity index (χ3n) is 2.34. The fourth-order valence-electron chi connectivity index (χ4n) is 1.63. The molecule has 2 aliphatic rings. The number of aromatic amines is 1. The van der Waals surface area contributed by atoms with E-state index in [1.165, 1.54) is 12.1 Å². The van der Waals surface area contributed by atoms with Gasteiger partial charge < -0.3 is 25.8 Å². The Hall–Kier alpha value is -2.37. The van der Waals surface area contributed by atoms with Gasteiger partial charge in [-0.05, 0) is 24.3 Å². The first-order chi connectivity index (χ1) is 7.63. The highest BCUT2D eigenvalue weighted by molar-refractivity contribution is 5.67. The number of rotatable bonds is 1. The minimum Gasteiger partial charge on any atom is -0.612 e. The molecule has 0 saturated carbocycles. The fraction of sp³-hybridized carbons (Fsp3) is 0.100. The van der Waals surface area contributed by atoms with Crippen LogP contribution in [0, 0.1) is 10.4 Å². The summed E-state index contributed by atoms with van der Waals surface area (Å²) in [6.07, 6.45) is 0. The van der Waals surface area contributed by atoms with Crippen LogP contribution in [-0.4, -0.2) is 17.1 Å². The summed E-state index contributed by atoms with van der Waals surface area (Å²) in [4.78, 5) is 2.21. The van der Waals surface area contributed by atoms with Crippen molar-refractivity contribution in [1.29, 1.82) is 0 Å². The number of nitrogens with one attached hydrogen (secondary N) is 2. The molecule has 0 radical (unpaired) electrons. The van der Waals surface area contributed by atoms with Crippen LogP contribution in [0.1, 0.15) is 0 Å². The van der Waals surface area contributed by atoms with Crippen LogP contribution < -0.4 is 15.6 Å². The molecule has 1 aliphatic carbocycles. The maximum atomic E-state index is 11.0. The summed E-state index contributed by atoms with van der Waals surface area (Å²) >= 11 is 0. The summed E-state index contributed by atoms with van der Waals surface area (Å²) in [7, 11) is 1.62. The second-order valence-electron chi connectivity index (χ2n) is 3.27. The lowest BCUT2D eigenvalue weighted by molar-refractivity contribution is 0.454. The standard InChI is InChI=1S/C10H10N3O3/c1-11-8-4-3-7-6(10(8)13(15)16)2-5-9(14)12-7/h2-5,11-12H,1H3,(H-,14,15,16)/q-1. The SMILES string of the molecule is CNc1ccc2[nH]c(O)ccc-2c1=[N+]([O-])[O-]. The number of hydrogen-bond acceptors (Lipinski definition) is 4. The number of fused-ring (bicyclic) bond motifs is 1. The number of aromatic hydroxyl groups is 1. The zero-order valence-electron chi connectivity index (χ0n) is 8.52. The van der Waals surface area contributed by atoms with Gasteiger partial charge in [-0.2, -0.15) is 4.90 Å². The second kappa shape index (κ2) is 3.65. The molecule has 0 atom stereocenters. The van der Waals surface area contributed by atoms with E-state index in [-0.39, 0.29) is 11.2 Å². The van der Waals surface area contributed by atoms with Crippen molar-refractivity contribution in [3.05, 3.63) is 40.0 Å². The zero-order valence-corrected chi connectivity index (χ0v) is 8.52. The minimum absolute atomic E-state index is 0.00347. The monoisotopic (exact) mass is 220 g/mol. The van der Waals surface area contributed by atoms with Crippen LogP contribution in [0.25, 0.3) is 11.3 Å². The third-order valence-corrected chi connectivity index (χ3v) is 2.34. The first-order valence-corrected chi connectivity index (χ1v) is 4.63. The van der Waals surface area contributed by atoms with Gasteiger partial charge in [0.1, 0.15) is 5.69 Å². The van der Waals surface area contributed by atoms with Crippen molar-refractivity contribution in [1.82, 2.24) is 9.89 Å². The van der Waals surface area contributed by atoms with E-state index >= 15 is 0 Å². The summed E-state index contributed by atoms with van der Waals surface area (Å²) in [6.45, 7) is 0. The fourth-order valence-corrected chi connectivity index (χ4v) is 1.63. The molecule has 1 heterocycles. The van der Waals surface area contributed by atoms with Crippen molar-refractivity contribution in [2.24, 2.45) is 0 Å². The molecular formula is C10H10N3O3-. The number of benzene rings is 1.